The molecule has 0 bridgehead atoms. The molecule has 0 aliphatic carbocycles. The molecule has 0 saturated carbocycles. The minimum Gasteiger partial charge on any atom is -0.325 e. The minimum absolute atomic E-state index is 0.0826. The summed E-state index contributed by atoms with van der Waals surface area (Å²) in [5.41, 5.74) is 1.92. The Balaban J connectivity index is 1.75. The summed E-state index contributed by atoms with van der Waals surface area (Å²) in [4.78, 5) is 25.7. The van der Waals surface area contributed by atoms with Gasteiger partial charge in [-0.2, -0.15) is 0 Å². The largest absolute Gasteiger partial charge is 0.325 e. The average molecular weight is 378 g/mol. The lowest BCUT2D eigenvalue weighted by Gasteiger charge is -2.16. The Morgan fingerprint density at radius 3 is 2.42 bits per heavy atom. The fourth-order valence-corrected chi connectivity index (χ4v) is 2.42. The highest BCUT2D eigenvalue weighted by molar-refractivity contribution is 6.30. The van der Waals surface area contributed by atoms with Crippen LogP contribution < -0.4 is 10.6 Å². The van der Waals surface area contributed by atoms with Crippen molar-refractivity contribution in [3.63, 3.8) is 0 Å². The number of aryl methyl sites for hydroxylation is 1. The molecule has 0 spiro atoms. The van der Waals surface area contributed by atoms with Crippen LogP contribution in [0.15, 0.2) is 42.5 Å². The molecule has 0 heterocycles. The highest BCUT2D eigenvalue weighted by atomic mass is 35.5. The van der Waals surface area contributed by atoms with Crippen molar-refractivity contribution >= 4 is 34.8 Å². The third-order valence-electron chi connectivity index (χ3n) is 3.67. The molecule has 138 valence electrons. The van der Waals surface area contributed by atoms with Crippen LogP contribution in [0.3, 0.4) is 0 Å². The first-order valence-corrected chi connectivity index (χ1v) is 8.51. The van der Waals surface area contributed by atoms with Gasteiger partial charge in [0.2, 0.25) is 11.8 Å². The summed E-state index contributed by atoms with van der Waals surface area (Å²) in [7, 11) is 1.74. The van der Waals surface area contributed by atoms with Crippen molar-refractivity contribution in [1.82, 2.24) is 4.90 Å². The second-order valence-corrected chi connectivity index (χ2v) is 6.51. The van der Waals surface area contributed by atoms with E-state index in [1.165, 1.54) is 12.1 Å². The number of hydrogen-bond acceptors (Lipinski definition) is 3. The number of halogens is 2. The van der Waals surface area contributed by atoms with E-state index in [1.54, 1.807) is 11.9 Å². The Morgan fingerprint density at radius 2 is 1.77 bits per heavy atom. The first-order chi connectivity index (χ1) is 12.3. The quantitative estimate of drug-likeness (QED) is 0.773. The second-order valence-electron chi connectivity index (χ2n) is 6.07. The summed E-state index contributed by atoms with van der Waals surface area (Å²) in [6.07, 6.45) is 0.135. The van der Waals surface area contributed by atoms with E-state index in [2.05, 4.69) is 10.6 Å². The van der Waals surface area contributed by atoms with Gasteiger partial charge >= 0.3 is 0 Å². The Bertz CT molecular complexity index is 781. The van der Waals surface area contributed by atoms with E-state index in [0.717, 1.165) is 17.3 Å². The fourth-order valence-electron chi connectivity index (χ4n) is 2.26. The monoisotopic (exact) mass is 377 g/mol. The van der Waals surface area contributed by atoms with Gasteiger partial charge in [-0.15, -0.1) is 0 Å². The predicted octanol–water partition coefficient (Wildman–Crippen LogP) is 3.69. The number of anilines is 2. The van der Waals surface area contributed by atoms with E-state index >= 15 is 0 Å². The molecule has 0 saturated heterocycles. The van der Waals surface area contributed by atoms with Gasteiger partial charge in [-0.05, 0) is 44.3 Å². The predicted molar refractivity (Wildman–Crippen MR) is 102 cm³/mol. The molecule has 0 radical (unpaired) electrons. The fraction of sp³-hybridized carbons (Fsp3) is 0.263. The molecule has 2 amide bonds. The molecule has 0 fully saturated rings. The van der Waals surface area contributed by atoms with Crippen molar-refractivity contribution in [3.8, 4) is 0 Å². The average Bonchev–Trinajstić information content (AvgIpc) is 2.57. The molecule has 26 heavy (non-hydrogen) atoms. The van der Waals surface area contributed by atoms with Crippen LogP contribution >= 0.6 is 11.6 Å². The number of carbonyl (C=O) groups excluding carboxylic acids is 2. The summed E-state index contributed by atoms with van der Waals surface area (Å²) < 4.78 is 13.7. The van der Waals surface area contributed by atoms with E-state index in [4.69, 9.17) is 11.6 Å². The van der Waals surface area contributed by atoms with Gasteiger partial charge in [-0.25, -0.2) is 4.39 Å². The minimum atomic E-state index is -0.586. The van der Waals surface area contributed by atoms with Gasteiger partial charge in [0.1, 0.15) is 5.82 Å². The number of benzene rings is 2. The molecule has 0 atom stereocenters. The van der Waals surface area contributed by atoms with Crippen LogP contribution in [0, 0.1) is 12.7 Å². The maximum absolute atomic E-state index is 13.7. The van der Waals surface area contributed by atoms with Gasteiger partial charge in [-0.1, -0.05) is 29.3 Å². The van der Waals surface area contributed by atoms with Crippen molar-refractivity contribution in [3.05, 3.63) is 58.9 Å². The lowest BCUT2D eigenvalue weighted by atomic mass is 10.2. The van der Waals surface area contributed by atoms with Gasteiger partial charge < -0.3 is 10.6 Å². The molecule has 0 aliphatic heterocycles. The molecule has 2 aromatic carbocycles. The molecule has 7 heteroatoms. The lowest BCUT2D eigenvalue weighted by Crippen LogP contribution is -2.32. The van der Waals surface area contributed by atoms with Crippen LogP contribution in [0.4, 0.5) is 15.8 Å². The number of amides is 2. The Kier molecular flexibility index (Phi) is 7.12. The zero-order chi connectivity index (χ0) is 19.1. The van der Waals surface area contributed by atoms with Crippen molar-refractivity contribution < 1.29 is 14.0 Å². The standard InChI is InChI=1S/C19H21ClFN3O2/c1-13-3-6-15(7-4-13)22-19(26)12-24(2)10-9-18(25)23-17-8-5-14(20)11-16(17)21/h3-8,11H,9-10,12H2,1-2H3,(H,22,26)(H,23,25). The SMILES string of the molecule is Cc1ccc(NC(=O)CN(C)CCC(=O)Nc2ccc(Cl)cc2F)cc1. The van der Waals surface area contributed by atoms with Crippen molar-refractivity contribution in [1.29, 1.82) is 0 Å². The lowest BCUT2D eigenvalue weighted by molar-refractivity contribution is -0.119. The number of hydrogen-bond donors (Lipinski definition) is 2. The van der Waals surface area contributed by atoms with Gasteiger partial charge in [-0.3, -0.25) is 14.5 Å². The highest BCUT2D eigenvalue weighted by Crippen LogP contribution is 2.19. The van der Waals surface area contributed by atoms with E-state index < -0.39 is 5.82 Å². The maximum atomic E-state index is 13.7. The Hall–Kier alpha value is -2.44. The van der Waals surface area contributed by atoms with E-state index in [0.29, 0.717) is 6.54 Å². The maximum Gasteiger partial charge on any atom is 0.238 e. The molecule has 0 aliphatic rings. The van der Waals surface area contributed by atoms with Crippen LogP contribution in [-0.4, -0.2) is 36.9 Å². The second kappa shape index (κ2) is 9.31. The summed E-state index contributed by atoms with van der Waals surface area (Å²) in [5.74, 6) is -1.09. The first kappa shape index (κ1) is 19.9. The molecule has 2 aromatic rings. The third kappa shape index (κ3) is 6.46. The first-order valence-electron chi connectivity index (χ1n) is 8.13. The summed E-state index contributed by atoms with van der Waals surface area (Å²) in [5, 5.41) is 5.55. The number of nitrogens with one attached hydrogen (secondary N) is 2. The van der Waals surface area contributed by atoms with Crippen molar-refractivity contribution in [2.24, 2.45) is 0 Å². The molecule has 5 nitrogen and oxygen atoms in total. The van der Waals surface area contributed by atoms with Gasteiger partial charge in [0, 0.05) is 23.7 Å². The topological polar surface area (TPSA) is 61.4 Å². The summed E-state index contributed by atoms with van der Waals surface area (Å²) >= 11 is 5.67. The smallest absolute Gasteiger partial charge is 0.238 e. The number of rotatable bonds is 7. The Morgan fingerprint density at radius 1 is 1.08 bits per heavy atom. The highest BCUT2D eigenvalue weighted by Gasteiger charge is 2.11. The molecule has 2 N–H and O–H groups in total. The molecule has 0 aromatic heterocycles. The van der Waals surface area contributed by atoms with Crippen LogP contribution in [0.1, 0.15) is 12.0 Å². The Labute approximate surface area is 157 Å². The van der Waals surface area contributed by atoms with Gasteiger partial charge in [0.25, 0.3) is 0 Å². The molecular formula is C19H21ClFN3O2. The summed E-state index contributed by atoms with van der Waals surface area (Å²) in [6.45, 7) is 2.49. The number of nitrogens with zero attached hydrogens (tertiary/aromatic N) is 1. The number of carbonyl (C=O) groups is 2. The number of likely N-dealkylation sites (N-methyl/N-ethyl adjacent to an activating group) is 1. The van der Waals surface area contributed by atoms with Crippen LogP contribution in [0.25, 0.3) is 0 Å². The zero-order valence-electron chi connectivity index (χ0n) is 14.7. The molecule has 0 unspecified atom stereocenters. The van der Waals surface area contributed by atoms with Crippen LogP contribution in [-0.2, 0) is 9.59 Å². The van der Waals surface area contributed by atoms with Crippen molar-refractivity contribution in [2.45, 2.75) is 13.3 Å². The normalized spacial score (nSPS) is 10.7. The van der Waals surface area contributed by atoms with E-state index in [-0.39, 0.29) is 35.5 Å². The van der Waals surface area contributed by atoms with Crippen LogP contribution in [0.5, 0.6) is 0 Å². The van der Waals surface area contributed by atoms with Gasteiger partial charge in [0.15, 0.2) is 0 Å². The van der Waals surface area contributed by atoms with E-state index in [1.807, 2.05) is 31.2 Å². The molecule has 2 rings (SSSR count). The van der Waals surface area contributed by atoms with Gasteiger partial charge in [0.05, 0.1) is 12.2 Å². The van der Waals surface area contributed by atoms with Crippen LogP contribution in [0.2, 0.25) is 5.02 Å². The van der Waals surface area contributed by atoms with E-state index in [9.17, 15) is 14.0 Å². The molecular weight excluding hydrogens is 357 g/mol. The summed E-state index contributed by atoms with van der Waals surface area (Å²) in [6, 6.07) is 11.6. The van der Waals surface area contributed by atoms with Crippen molar-refractivity contribution in [2.75, 3.05) is 30.8 Å². The zero-order valence-corrected chi connectivity index (χ0v) is 15.4. The third-order valence-corrected chi connectivity index (χ3v) is 3.91.